The lowest BCUT2D eigenvalue weighted by atomic mass is 10.1. The van der Waals surface area contributed by atoms with Crippen molar-refractivity contribution in [2.75, 3.05) is 24.3 Å². The molecule has 0 saturated carbocycles. The van der Waals surface area contributed by atoms with Crippen molar-refractivity contribution < 1.29 is 9.53 Å². The molecule has 0 atom stereocenters. The Labute approximate surface area is 109 Å². The molecule has 0 bridgehead atoms. The van der Waals surface area contributed by atoms with E-state index >= 15 is 0 Å². The molecule has 19 heavy (non-hydrogen) atoms. The molecule has 1 aromatic carbocycles. The van der Waals surface area contributed by atoms with Gasteiger partial charge in [0.25, 0.3) is 5.91 Å². The highest BCUT2D eigenvalue weighted by molar-refractivity contribution is 5.98. The van der Waals surface area contributed by atoms with E-state index in [4.69, 9.17) is 10.5 Å². The SMILES string of the molecule is CN1C(=O)COc2ccc(-c3ccc(N)nn3)cc21. The van der Waals surface area contributed by atoms with Gasteiger partial charge in [0.05, 0.1) is 11.4 Å². The molecule has 2 aromatic rings. The number of nitrogens with two attached hydrogens (primary N) is 1. The van der Waals surface area contributed by atoms with E-state index in [0.717, 1.165) is 11.3 Å². The first-order valence-corrected chi connectivity index (χ1v) is 5.78. The quantitative estimate of drug-likeness (QED) is 0.825. The minimum atomic E-state index is -0.0759. The molecule has 3 rings (SSSR count). The van der Waals surface area contributed by atoms with Crippen molar-refractivity contribution in [3.8, 4) is 17.0 Å². The van der Waals surface area contributed by atoms with Crippen molar-refractivity contribution >= 4 is 17.4 Å². The third-order valence-electron chi connectivity index (χ3n) is 3.03. The first kappa shape index (κ1) is 11.5. The summed E-state index contributed by atoms with van der Waals surface area (Å²) in [6.07, 6.45) is 0. The monoisotopic (exact) mass is 256 g/mol. The summed E-state index contributed by atoms with van der Waals surface area (Å²) in [4.78, 5) is 13.2. The number of ether oxygens (including phenoxy) is 1. The summed E-state index contributed by atoms with van der Waals surface area (Å²) in [5.74, 6) is 0.986. The second kappa shape index (κ2) is 4.24. The van der Waals surface area contributed by atoms with Gasteiger partial charge in [-0.3, -0.25) is 4.79 Å². The van der Waals surface area contributed by atoms with Crippen LogP contribution in [0.4, 0.5) is 11.5 Å². The number of carbonyl (C=O) groups excluding carboxylic acids is 1. The molecular weight excluding hydrogens is 244 g/mol. The van der Waals surface area contributed by atoms with Crippen LogP contribution in [0.25, 0.3) is 11.3 Å². The summed E-state index contributed by atoms with van der Waals surface area (Å²) < 4.78 is 5.37. The van der Waals surface area contributed by atoms with Crippen molar-refractivity contribution in [1.29, 1.82) is 0 Å². The van der Waals surface area contributed by atoms with Gasteiger partial charge in [0.15, 0.2) is 6.61 Å². The molecule has 0 saturated heterocycles. The number of likely N-dealkylation sites (N-methyl/N-ethyl adjacent to an activating group) is 1. The number of fused-ring (bicyclic) bond motifs is 1. The smallest absolute Gasteiger partial charge is 0.264 e. The van der Waals surface area contributed by atoms with Gasteiger partial charge in [-0.15, -0.1) is 10.2 Å². The minimum absolute atomic E-state index is 0.0739. The average Bonchev–Trinajstić information content (AvgIpc) is 2.44. The Morgan fingerprint density at radius 2 is 2.11 bits per heavy atom. The lowest BCUT2D eigenvalue weighted by molar-refractivity contribution is -0.120. The molecule has 96 valence electrons. The van der Waals surface area contributed by atoms with Crippen LogP contribution in [0.5, 0.6) is 5.75 Å². The standard InChI is InChI=1S/C13H12N4O2/c1-17-10-6-8(9-3-5-12(14)16-15-9)2-4-11(10)19-7-13(17)18/h2-6H,7H2,1H3,(H2,14,16). The number of nitrogens with zero attached hydrogens (tertiary/aromatic N) is 3. The molecule has 2 heterocycles. The van der Waals surface area contributed by atoms with E-state index in [0.29, 0.717) is 17.3 Å². The summed E-state index contributed by atoms with van der Waals surface area (Å²) in [6, 6.07) is 9.03. The van der Waals surface area contributed by atoms with E-state index in [1.807, 2.05) is 18.2 Å². The highest BCUT2D eigenvalue weighted by atomic mass is 16.5. The van der Waals surface area contributed by atoms with Crippen LogP contribution in [0.15, 0.2) is 30.3 Å². The first-order valence-electron chi connectivity index (χ1n) is 5.78. The molecule has 6 heteroatoms. The van der Waals surface area contributed by atoms with Crippen LogP contribution in [0.2, 0.25) is 0 Å². The second-order valence-corrected chi connectivity index (χ2v) is 4.27. The van der Waals surface area contributed by atoms with E-state index in [2.05, 4.69) is 10.2 Å². The molecule has 6 nitrogen and oxygen atoms in total. The van der Waals surface area contributed by atoms with Gasteiger partial charge in [-0.05, 0) is 30.3 Å². The molecule has 0 fully saturated rings. The Morgan fingerprint density at radius 1 is 1.26 bits per heavy atom. The number of carbonyl (C=O) groups is 1. The predicted octanol–water partition coefficient (Wildman–Crippen LogP) is 1.08. The Morgan fingerprint density at radius 3 is 2.84 bits per heavy atom. The third kappa shape index (κ3) is 1.97. The molecule has 0 aliphatic carbocycles. The number of rotatable bonds is 1. The highest BCUT2D eigenvalue weighted by Crippen LogP contribution is 2.34. The van der Waals surface area contributed by atoms with Crippen LogP contribution in [0.3, 0.4) is 0 Å². The van der Waals surface area contributed by atoms with E-state index in [-0.39, 0.29) is 12.5 Å². The Kier molecular flexibility index (Phi) is 2.56. The number of hydrogen-bond acceptors (Lipinski definition) is 5. The van der Waals surface area contributed by atoms with E-state index < -0.39 is 0 Å². The molecule has 1 aliphatic heterocycles. The van der Waals surface area contributed by atoms with Gasteiger partial charge in [0.2, 0.25) is 0 Å². The van der Waals surface area contributed by atoms with Crippen molar-refractivity contribution in [3.63, 3.8) is 0 Å². The molecule has 1 amide bonds. The Balaban J connectivity index is 2.05. The van der Waals surface area contributed by atoms with Gasteiger partial charge in [0, 0.05) is 12.6 Å². The summed E-state index contributed by atoms with van der Waals surface area (Å²) in [5.41, 5.74) is 7.79. The largest absolute Gasteiger partial charge is 0.482 e. The number of anilines is 2. The van der Waals surface area contributed by atoms with Gasteiger partial charge in [-0.25, -0.2) is 0 Å². The van der Waals surface area contributed by atoms with E-state index in [9.17, 15) is 4.79 Å². The first-order chi connectivity index (χ1) is 9.15. The molecule has 0 unspecified atom stereocenters. The fourth-order valence-electron chi connectivity index (χ4n) is 1.93. The van der Waals surface area contributed by atoms with Gasteiger partial charge in [-0.2, -0.15) is 0 Å². The fraction of sp³-hybridized carbons (Fsp3) is 0.154. The molecule has 0 radical (unpaired) electrons. The average molecular weight is 256 g/mol. The maximum atomic E-state index is 11.6. The second-order valence-electron chi connectivity index (χ2n) is 4.27. The summed E-state index contributed by atoms with van der Waals surface area (Å²) in [5, 5.41) is 7.84. The van der Waals surface area contributed by atoms with Crippen molar-refractivity contribution in [1.82, 2.24) is 10.2 Å². The van der Waals surface area contributed by atoms with Crippen molar-refractivity contribution in [2.45, 2.75) is 0 Å². The fourth-order valence-corrected chi connectivity index (χ4v) is 1.93. The lowest BCUT2D eigenvalue weighted by Gasteiger charge is -2.26. The van der Waals surface area contributed by atoms with Crippen LogP contribution in [-0.4, -0.2) is 29.8 Å². The van der Waals surface area contributed by atoms with E-state index in [1.54, 1.807) is 24.1 Å². The van der Waals surface area contributed by atoms with Gasteiger partial charge < -0.3 is 15.4 Å². The van der Waals surface area contributed by atoms with E-state index in [1.165, 1.54) is 0 Å². The molecule has 0 spiro atoms. The minimum Gasteiger partial charge on any atom is -0.482 e. The van der Waals surface area contributed by atoms with Crippen molar-refractivity contribution in [2.24, 2.45) is 0 Å². The van der Waals surface area contributed by atoms with Crippen molar-refractivity contribution in [3.05, 3.63) is 30.3 Å². The van der Waals surface area contributed by atoms with Crippen LogP contribution in [-0.2, 0) is 4.79 Å². The topological polar surface area (TPSA) is 81.3 Å². The Bertz CT molecular complexity index is 640. The van der Waals surface area contributed by atoms with Gasteiger partial charge in [-0.1, -0.05) is 0 Å². The maximum Gasteiger partial charge on any atom is 0.264 e. The number of aromatic nitrogens is 2. The zero-order valence-electron chi connectivity index (χ0n) is 10.3. The number of hydrogen-bond donors (Lipinski definition) is 1. The van der Waals surface area contributed by atoms with Gasteiger partial charge >= 0.3 is 0 Å². The highest BCUT2D eigenvalue weighted by Gasteiger charge is 2.22. The summed E-state index contributed by atoms with van der Waals surface area (Å²) >= 11 is 0. The van der Waals surface area contributed by atoms with Gasteiger partial charge in [0.1, 0.15) is 11.6 Å². The maximum absolute atomic E-state index is 11.6. The third-order valence-corrected chi connectivity index (χ3v) is 3.03. The summed E-state index contributed by atoms with van der Waals surface area (Å²) in [7, 11) is 1.72. The molecule has 1 aliphatic rings. The normalized spacial score (nSPS) is 13.9. The molecule has 1 aromatic heterocycles. The Hall–Kier alpha value is -2.63. The lowest BCUT2D eigenvalue weighted by Crippen LogP contribution is -2.35. The van der Waals surface area contributed by atoms with Crippen LogP contribution in [0.1, 0.15) is 0 Å². The predicted molar refractivity (Wildman–Crippen MR) is 70.8 cm³/mol. The molecular formula is C13H12N4O2. The van der Waals surface area contributed by atoms with Crippen LogP contribution >= 0.6 is 0 Å². The number of benzene rings is 1. The summed E-state index contributed by atoms with van der Waals surface area (Å²) in [6.45, 7) is 0.0739. The number of amides is 1. The van der Waals surface area contributed by atoms with Crippen LogP contribution in [0, 0.1) is 0 Å². The van der Waals surface area contributed by atoms with Crippen LogP contribution < -0.4 is 15.4 Å². The number of nitrogen functional groups attached to an aromatic ring is 1. The zero-order chi connectivity index (χ0) is 13.4. The molecule has 2 N–H and O–H groups in total. The zero-order valence-corrected chi connectivity index (χ0v) is 10.3.